The van der Waals surface area contributed by atoms with Gasteiger partial charge in [0.1, 0.15) is 17.3 Å². The molecule has 0 aliphatic carbocycles. The Balaban J connectivity index is 1.49. The molecule has 30 heavy (non-hydrogen) atoms. The molecular formula is C24H26FN3O2. The highest BCUT2D eigenvalue weighted by Crippen LogP contribution is 2.25. The second-order valence-corrected chi connectivity index (χ2v) is 7.79. The van der Waals surface area contributed by atoms with Gasteiger partial charge in [-0.25, -0.2) is 4.39 Å². The van der Waals surface area contributed by atoms with Crippen molar-refractivity contribution in [2.75, 3.05) is 19.0 Å². The molecule has 0 unspecified atom stereocenters. The maximum Gasteiger partial charge on any atom is 0.272 e. The lowest BCUT2D eigenvalue weighted by Crippen LogP contribution is -2.30. The monoisotopic (exact) mass is 407 g/mol. The number of amides is 1. The Morgan fingerprint density at radius 3 is 2.80 bits per heavy atom. The van der Waals surface area contributed by atoms with Crippen molar-refractivity contribution in [2.24, 2.45) is 7.05 Å². The zero-order valence-electron chi connectivity index (χ0n) is 17.5. The number of rotatable bonds is 5. The van der Waals surface area contributed by atoms with Crippen LogP contribution in [0.2, 0.25) is 0 Å². The number of aryl methyl sites for hydroxylation is 1. The van der Waals surface area contributed by atoms with Gasteiger partial charge in [-0.3, -0.25) is 9.69 Å². The molecule has 0 atom stereocenters. The molecule has 1 N–H and O–H groups in total. The Labute approximate surface area is 176 Å². The van der Waals surface area contributed by atoms with Gasteiger partial charge in [-0.15, -0.1) is 0 Å². The predicted octanol–water partition coefficient (Wildman–Crippen LogP) is 4.29. The molecule has 0 fully saturated rings. The van der Waals surface area contributed by atoms with Crippen LogP contribution in [-0.2, 0) is 26.6 Å². The summed E-state index contributed by atoms with van der Waals surface area (Å²) in [5.41, 5.74) is 5.52. The molecule has 0 spiro atoms. The van der Waals surface area contributed by atoms with Crippen LogP contribution in [0, 0.1) is 12.7 Å². The summed E-state index contributed by atoms with van der Waals surface area (Å²) in [4.78, 5) is 15.3. The Hall–Kier alpha value is -3.12. The van der Waals surface area contributed by atoms with E-state index in [4.69, 9.17) is 4.74 Å². The predicted molar refractivity (Wildman–Crippen MR) is 115 cm³/mol. The molecule has 1 aliphatic rings. The number of methoxy groups -OCH3 is 1. The lowest BCUT2D eigenvalue weighted by atomic mass is 10.1. The normalized spacial score (nSPS) is 13.7. The lowest BCUT2D eigenvalue weighted by Gasteiger charge is -2.27. The zero-order chi connectivity index (χ0) is 21.3. The van der Waals surface area contributed by atoms with Crippen LogP contribution in [0.5, 0.6) is 5.75 Å². The highest BCUT2D eigenvalue weighted by atomic mass is 19.1. The van der Waals surface area contributed by atoms with E-state index in [0.29, 0.717) is 16.9 Å². The third-order valence-corrected chi connectivity index (χ3v) is 5.72. The van der Waals surface area contributed by atoms with E-state index in [1.54, 1.807) is 20.1 Å². The second-order valence-electron chi connectivity index (χ2n) is 7.79. The van der Waals surface area contributed by atoms with Gasteiger partial charge >= 0.3 is 0 Å². The van der Waals surface area contributed by atoms with Gasteiger partial charge in [0.25, 0.3) is 5.91 Å². The van der Waals surface area contributed by atoms with E-state index < -0.39 is 0 Å². The highest BCUT2D eigenvalue weighted by molar-refractivity contribution is 6.03. The van der Waals surface area contributed by atoms with Gasteiger partial charge in [0.15, 0.2) is 0 Å². The number of carbonyl (C=O) groups is 1. The minimum atomic E-state index is -0.309. The summed E-state index contributed by atoms with van der Waals surface area (Å²) in [6, 6.07) is 14.5. The SMILES string of the molecule is COc1cccc(CN2CCc3c(cc(C(=O)Nc4ccc(F)cc4C)n3C)C2)c1. The van der Waals surface area contributed by atoms with Crippen molar-refractivity contribution in [1.82, 2.24) is 9.47 Å². The molecule has 5 nitrogen and oxygen atoms in total. The van der Waals surface area contributed by atoms with Crippen LogP contribution in [-0.4, -0.2) is 29.0 Å². The van der Waals surface area contributed by atoms with Crippen LogP contribution in [0.15, 0.2) is 48.5 Å². The van der Waals surface area contributed by atoms with Crippen molar-refractivity contribution < 1.29 is 13.9 Å². The fraction of sp³-hybridized carbons (Fsp3) is 0.292. The number of benzene rings is 2. The number of aromatic nitrogens is 1. The van der Waals surface area contributed by atoms with E-state index in [1.165, 1.54) is 29.0 Å². The molecule has 1 aromatic heterocycles. The van der Waals surface area contributed by atoms with Crippen molar-refractivity contribution in [2.45, 2.75) is 26.4 Å². The van der Waals surface area contributed by atoms with Crippen LogP contribution in [0.25, 0.3) is 0 Å². The number of nitrogens with zero attached hydrogens (tertiary/aromatic N) is 2. The van der Waals surface area contributed by atoms with Crippen molar-refractivity contribution >= 4 is 11.6 Å². The maximum absolute atomic E-state index is 13.3. The number of ether oxygens (including phenoxy) is 1. The molecule has 2 aromatic carbocycles. The van der Waals surface area contributed by atoms with E-state index in [0.717, 1.165) is 31.8 Å². The summed E-state index contributed by atoms with van der Waals surface area (Å²) in [5, 5.41) is 2.91. The number of halogens is 1. The first kappa shape index (κ1) is 20.2. The van der Waals surface area contributed by atoms with E-state index in [9.17, 15) is 9.18 Å². The van der Waals surface area contributed by atoms with Crippen molar-refractivity contribution in [1.29, 1.82) is 0 Å². The fourth-order valence-electron chi connectivity index (χ4n) is 4.09. The molecule has 1 amide bonds. The van der Waals surface area contributed by atoms with Crippen LogP contribution in [0.3, 0.4) is 0 Å². The van der Waals surface area contributed by atoms with Gasteiger partial charge in [0.2, 0.25) is 0 Å². The third-order valence-electron chi connectivity index (χ3n) is 5.72. The van der Waals surface area contributed by atoms with Crippen LogP contribution in [0.1, 0.15) is 32.9 Å². The summed E-state index contributed by atoms with van der Waals surface area (Å²) < 4.78 is 20.6. The van der Waals surface area contributed by atoms with Crippen molar-refractivity contribution in [3.05, 3.63) is 82.4 Å². The first-order valence-corrected chi connectivity index (χ1v) is 10.0. The van der Waals surface area contributed by atoms with Crippen LogP contribution >= 0.6 is 0 Å². The first-order valence-electron chi connectivity index (χ1n) is 10.0. The smallest absolute Gasteiger partial charge is 0.272 e. The van der Waals surface area contributed by atoms with Crippen molar-refractivity contribution in [3.8, 4) is 5.75 Å². The number of fused-ring (bicyclic) bond motifs is 1. The molecule has 0 bridgehead atoms. The molecule has 0 saturated carbocycles. The topological polar surface area (TPSA) is 46.5 Å². The van der Waals surface area contributed by atoms with Crippen LogP contribution in [0.4, 0.5) is 10.1 Å². The Morgan fingerprint density at radius 2 is 2.03 bits per heavy atom. The molecule has 4 rings (SSSR count). The molecule has 3 aromatic rings. The zero-order valence-corrected chi connectivity index (χ0v) is 17.5. The van der Waals surface area contributed by atoms with E-state index in [2.05, 4.69) is 22.3 Å². The lowest BCUT2D eigenvalue weighted by molar-refractivity contribution is 0.101. The molecule has 2 heterocycles. The summed E-state index contributed by atoms with van der Waals surface area (Å²) >= 11 is 0. The summed E-state index contributed by atoms with van der Waals surface area (Å²) in [5.74, 6) is 0.372. The molecule has 0 radical (unpaired) electrons. The third kappa shape index (κ3) is 4.09. The number of anilines is 1. The van der Waals surface area contributed by atoms with Gasteiger partial charge in [0.05, 0.1) is 7.11 Å². The Kier molecular flexibility index (Phi) is 5.59. The minimum Gasteiger partial charge on any atom is -0.497 e. The summed E-state index contributed by atoms with van der Waals surface area (Å²) in [6.45, 7) is 4.34. The number of hydrogen-bond donors (Lipinski definition) is 1. The number of carbonyl (C=O) groups excluding carboxylic acids is 1. The average molecular weight is 407 g/mol. The maximum atomic E-state index is 13.3. The minimum absolute atomic E-state index is 0.180. The molecule has 1 aliphatic heterocycles. The van der Waals surface area contributed by atoms with Crippen LogP contribution < -0.4 is 10.1 Å². The highest BCUT2D eigenvalue weighted by Gasteiger charge is 2.24. The van der Waals surface area contributed by atoms with E-state index >= 15 is 0 Å². The Bertz CT molecular complexity index is 1090. The fourth-order valence-corrected chi connectivity index (χ4v) is 4.09. The van der Waals surface area contributed by atoms with Gasteiger partial charge in [0, 0.05) is 44.5 Å². The molecule has 0 saturated heterocycles. The van der Waals surface area contributed by atoms with Gasteiger partial charge in [-0.1, -0.05) is 12.1 Å². The largest absolute Gasteiger partial charge is 0.497 e. The van der Waals surface area contributed by atoms with E-state index in [1.807, 2.05) is 29.8 Å². The molecule has 6 heteroatoms. The first-order chi connectivity index (χ1) is 14.4. The number of hydrogen-bond acceptors (Lipinski definition) is 3. The summed E-state index contributed by atoms with van der Waals surface area (Å²) in [6.07, 6.45) is 0.888. The summed E-state index contributed by atoms with van der Waals surface area (Å²) in [7, 11) is 3.61. The van der Waals surface area contributed by atoms with Gasteiger partial charge in [-0.2, -0.15) is 0 Å². The molecular weight excluding hydrogens is 381 g/mol. The second kappa shape index (κ2) is 8.32. The molecule has 156 valence electrons. The number of nitrogens with one attached hydrogen (secondary N) is 1. The van der Waals surface area contributed by atoms with E-state index in [-0.39, 0.29) is 11.7 Å². The average Bonchev–Trinajstić information content (AvgIpc) is 3.06. The Morgan fingerprint density at radius 1 is 1.20 bits per heavy atom. The standard InChI is InChI=1S/C24H26FN3O2/c1-16-11-19(25)7-8-21(16)26-24(29)23-13-18-15-28(10-9-22(18)27(23)2)14-17-5-4-6-20(12-17)30-3/h4-8,11-13H,9-10,14-15H2,1-3H3,(H,26,29). The van der Waals surface area contributed by atoms with Gasteiger partial charge in [-0.05, 0) is 60.0 Å². The van der Waals surface area contributed by atoms with Crippen molar-refractivity contribution in [3.63, 3.8) is 0 Å². The quantitative estimate of drug-likeness (QED) is 0.686. The van der Waals surface area contributed by atoms with Gasteiger partial charge < -0.3 is 14.6 Å².